The fourth-order valence-corrected chi connectivity index (χ4v) is 4.67. The Kier molecular flexibility index (Phi) is 7.27. The molecule has 0 unspecified atom stereocenters. The number of nitrogens with two attached hydrogens (primary N) is 1. The molecule has 8 nitrogen and oxygen atoms in total. The summed E-state index contributed by atoms with van der Waals surface area (Å²) in [5, 5.41) is 6.04. The first-order chi connectivity index (χ1) is 16.6. The van der Waals surface area contributed by atoms with Crippen molar-refractivity contribution in [2.45, 2.75) is 63.5 Å². The molecule has 0 aliphatic heterocycles. The molecule has 4 N–H and O–H groups in total. The number of amides is 1. The van der Waals surface area contributed by atoms with E-state index < -0.39 is 23.7 Å². The predicted molar refractivity (Wildman–Crippen MR) is 129 cm³/mol. The number of benzene rings is 1. The van der Waals surface area contributed by atoms with Gasteiger partial charge in [0.25, 0.3) is 5.92 Å². The van der Waals surface area contributed by atoms with Crippen molar-refractivity contribution in [3.8, 4) is 0 Å². The van der Waals surface area contributed by atoms with Gasteiger partial charge in [0.1, 0.15) is 11.3 Å². The molecule has 13 heteroatoms. The number of nitrogens with one attached hydrogen (secondary N) is 2. The molecule has 1 fully saturated rings. The van der Waals surface area contributed by atoms with E-state index in [1.165, 1.54) is 12.3 Å². The highest BCUT2D eigenvalue weighted by molar-refractivity contribution is 6.36. The minimum atomic E-state index is -2.69. The van der Waals surface area contributed by atoms with Crippen LogP contribution in [0.4, 0.5) is 30.8 Å². The zero-order valence-electron chi connectivity index (χ0n) is 18.8. The summed E-state index contributed by atoms with van der Waals surface area (Å²) in [6.45, 7) is 1.98. The first-order valence-corrected chi connectivity index (χ1v) is 11.9. The lowest BCUT2D eigenvalue weighted by molar-refractivity contribution is -0.118. The smallest absolute Gasteiger partial charge is 0.252 e. The number of carbonyl (C=O) groups is 1. The molecule has 35 heavy (non-hydrogen) atoms. The van der Waals surface area contributed by atoms with Crippen molar-refractivity contribution in [3.63, 3.8) is 0 Å². The molecule has 1 aromatic carbocycles. The van der Waals surface area contributed by atoms with Crippen molar-refractivity contribution in [2.24, 2.45) is 5.73 Å². The molecule has 1 atom stereocenters. The van der Waals surface area contributed by atoms with Crippen LogP contribution >= 0.6 is 23.2 Å². The van der Waals surface area contributed by atoms with E-state index in [4.69, 9.17) is 28.9 Å². The number of anilines is 3. The average molecular weight is 530 g/mol. The third-order valence-corrected chi connectivity index (χ3v) is 6.33. The Bertz CT molecular complexity index is 1220. The van der Waals surface area contributed by atoms with E-state index >= 15 is 0 Å². The Labute approximate surface area is 209 Å². The molecule has 0 spiro atoms. The molecule has 1 aliphatic carbocycles. The van der Waals surface area contributed by atoms with Crippen LogP contribution in [0.3, 0.4) is 0 Å². The lowest BCUT2D eigenvalue weighted by Crippen LogP contribution is -2.44. The number of nitrogens with zero attached hydrogens (tertiary/aromatic N) is 4. The summed E-state index contributed by atoms with van der Waals surface area (Å²) >= 11 is 12.1. The molecule has 188 valence electrons. The van der Waals surface area contributed by atoms with E-state index in [0.717, 1.165) is 12.5 Å². The van der Waals surface area contributed by atoms with Gasteiger partial charge in [0.05, 0.1) is 16.9 Å². The zero-order chi connectivity index (χ0) is 25.3. The average Bonchev–Trinajstić information content (AvgIpc) is 3.09. The molecule has 2 aromatic heterocycles. The van der Waals surface area contributed by atoms with Crippen LogP contribution in [0.2, 0.25) is 10.0 Å². The van der Waals surface area contributed by atoms with Crippen molar-refractivity contribution < 1.29 is 18.0 Å². The van der Waals surface area contributed by atoms with E-state index in [-0.39, 0.29) is 52.9 Å². The van der Waals surface area contributed by atoms with Crippen molar-refractivity contribution in [2.75, 3.05) is 10.6 Å². The molecule has 0 radical (unpaired) electrons. The Balaban J connectivity index is 1.76. The standard InChI is InChI=1S/C22H24Cl2F3N7O/c1-2-3-13(4-5-17(28)35)34-19-16(10-29-20(33-19)30-12-8-22(26,27)9-12)31-21(34)32-18-14(24)6-11(23)7-15(18)25/h6-7,10,12-13H,2-5,8-9H2,1H3,(H2,28,35)(H,31,32)(H,29,30,33)/t13-/m0/s1. The summed E-state index contributed by atoms with van der Waals surface area (Å²) in [7, 11) is 0. The number of alkyl halides is 2. The maximum absolute atomic E-state index is 14.7. The zero-order valence-corrected chi connectivity index (χ0v) is 20.3. The van der Waals surface area contributed by atoms with Gasteiger partial charge < -0.3 is 16.4 Å². The van der Waals surface area contributed by atoms with Gasteiger partial charge in [0.2, 0.25) is 17.8 Å². The van der Waals surface area contributed by atoms with Gasteiger partial charge in [-0.05, 0) is 25.0 Å². The first kappa shape index (κ1) is 25.3. The fourth-order valence-electron chi connectivity index (χ4n) is 4.16. The fraction of sp³-hybridized carbons (Fsp3) is 0.455. The number of primary amides is 1. The highest BCUT2D eigenvalue weighted by atomic mass is 35.5. The van der Waals surface area contributed by atoms with E-state index in [2.05, 4.69) is 25.6 Å². The van der Waals surface area contributed by atoms with Crippen LogP contribution in [0.5, 0.6) is 0 Å². The van der Waals surface area contributed by atoms with Crippen LogP contribution in [-0.2, 0) is 4.79 Å². The van der Waals surface area contributed by atoms with Gasteiger partial charge in [0.15, 0.2) is 5.65 Å². The summed E-state index contributed by atoms with van der Waals surface area (Å²) in [4.78, 5) is 24.8. The molecular formula is C22H24Cl2F3N7O. The number of rotatable bonds is 10. The molecular weight excluding hydrogens is 506 g/mol. The minimum Gasteiger partial charge on any atom is -0.370 e. The summed E-state index contributed by atoms with van der Waals surface area (Å²) in [5.41, 5.74) is 6.14. The quantitative estimate of drug-likeness (QED) is 0.304. The number of hydrogen-bond donors (Lipinski definition) is 3. The predicted octanol–water partition coefficient (Wildman–Crippen LogP) is 5.83. The van der Waals surface area contributed by atoms with Gasteiger partial charge >= 0.3 is 0 Å². The van der Waals surface area contributed by atoms with Crippen LogP contribution in [-0.4, -0.2) is 37.4 Å². The highest BCUT2D eigenvalue weighted by Crippen LogP contribution is 2.39. The van der Waals surface area contributed by atoms with E-state index in [1.807, 2.05) is 6.92 Å². The molecule has 2 heterocycles. The van der Waals surface area contributed by atoms with Crippen molar-refractivity contribution in [1.29, 1.82) is 0 Å². The SMILES string of the molecule is CCC[C@@H](CCC(N)=O)n1c(Nc2c(F)cc(Cl)cc2Cl)nc2cnc(NC3CC(F)(F)C3)nc21. The number of aromatic nitrogens is 4. The monoisotopic (exact) mass is 529 g/mol. The van der Waals surface area contributed by atoms with Crippen LogP contribution < -0.4 is 16.4 Å². The Morgan fingerprint density at radius 2 is 2.03 bits per heavy atom. The van der Waals surface area contributed by atoms with Crippen LogP contribution in [0, 0.1) is 5.82 Å². The lowest BCUT2D eigenvalue weighted by Gasteiger charge is -2.35. The summed E-state index contributed by atoms with van der Waals surface area (Å²) in [5.74, 6) is -3.42. The molecule has 3 aromatic rings. The van der Waals surface area contributed by atoms with E-state index in [1.54, 1.807) is 4.57 Å². The third kappa shape index (κ3) is 5.72. The minimum absolute atomic E-state index is 0.0271. The number of halogens is 5. The van der Waals surface area contributed by atoms with Gasteiger partial charge in [-0.15, -0.1) is 0 Å². The molecule has 1 aliphatic rings. The van der Waals surface area contributed by atoms with Crippen molar-refractivity contribution in [1.82, 2.24) is 19.5 Å². The molecule has 4 rings (SSSR count). The van der Waals surface area contributed by atoms with Gasteiger partial charge in [-0.3, -0.25) is 9.36 Å². The maximum atomic E-state index is 14.7. The maximum Gasteiger partial charge on any atom is 0.252 e. The number of hydrogen-bond acceptors (Lipinski definition) is 6. The largest absolute Gasteiger partial charge is 0.370 e. The Morgan fingerprint density at radius 3 is 2.66 bits per heavy atom. The Morgan fingerprint density at radius 1 is 1.29 bits per heavy atom. The molecule has 0 bridgehead atoms. The van der Waals surface area contributed by atoms with Gasteiger partial charge in [-0.1, -0.05) is 36.5 Å². The molecule has 1 saturated carbocycles. The topological polar surface area (TPSA) is 111 Å². The van der Waals surface area contributed by atoms with Gasteiger partial charge in [0, 0.05) is 36.4 Å². The normalized spacial score (nSPS) is 16.2. The lowest BCUT2D eigenvalue weighted by atomic mass is 9.88. The van der Waals surface area contributed by atoms with Crippen LogP contribution in [0.15, 0.2) is 18.3 Å². The van der Waals surface area contributed by atoms with Crippen molar-refractivity contribution >= 4 is 57.9 Å². The van der Waals surface area contributed by atoms with Crippen molar-refractivity contribution in [3.05, 3.63) is 34.2 Å². The third-order valence-electron chi connectivity index (χ3n) is 5.81. The summed E-state index contributed by atoms with van der Waals surface area (Å²) in [6.07, 6.45) is 2.78. The summed E-state index contributed by atoms with van der Waals surface area (Å²) < 4.78 is 42.9. The van der Waals surface area contributed by atoms with Crippen LogP contribution in [0.1, 0.15) is 51.5 Å². The number of imidazole rings is 1. The molecule has 0 saturated heterocycles. The second kappa shape index (κ2) is 10.1. The Hall–Kier alpha value is -2.79. The van der Waals surface area contributed by atoms with Gasteiger partial charge in [-0.2, -0.15) is 4.98 Å². The van der Waals surface area contributed by atoms with Gasteiger partial charge in [-0.25, -0.2) is 23.1 Å². The summed E-state index contributed by atoms with van der Waals surface area (Å²) in [6, 6.07) is 1.80. The van der Waals surface area contributed by atoms with E-state index in [9.17, 15) is 18.0 Å². The first-order valence-electron chi connectivity index (χ1n) is 11.2. The second-order valence-electron chi connectivity index (χ2n) is 8.63. The number of fused-ring (bicyclic) bond motifs is 1. The number of carbonyl (C=O) groups excluding carboxylic acids is 1. The highest BCUT2D eigenvalue weighted by Gasteiger charge is 2.45. The van der Waals surface area contributed by atoms with Crippen LogP contribution in [0.25, 0.3) is 11.2 Å². The second-order valence-corrected chi connectivity index (χ2v) is 9.47. The molecule has 1 amide bonds. The van der Waals surface area contributed by atoms with E-state index in [0.29, 0.717) is 24.0 Å².